The van der Waals surface area contributed by atoms with Gasteiger partial charge in [-0.15, -0.1) is 0 Å². The second-order valence-electron chi connectivity index (χ2n) is 6.37. The highest BCUT2D eigenvalue weighted by Gasteiger charge is 2.43. The predicted octanol–water partition coefficient (Wildman–Crippen LogP) is 1.31. The largest absolute Gasteiger partial charge is 0.460 e. The fourth-order valence-corrected chi connectivity index (χ4v) is 2.37. The lowest BCUT2D eigenvalue weighted by atomic mass is 10.0. The number of hydrogen-bond acceptors (Lipinski definition) is 4. The van der Waals surface area contributed by atoms with E-state index in [1.165, 1.54) is 0 Å². The minimum Gasteiger partial charge on any atom is -0.460 e. The molecule has 1 aromatic rings. The van der Waals surface area contributed by atoms with Crippen LogP contribution in [0.2, 0.25) is 0 Å². The number of likely N-dealkylation sites (tertiary alicyclic amines) is 1. The molecule has 1 aromatic carbocycles. The van der Waals surface area contributed by atoms with Gasteiger partial charge in [-0.05, 0) is 26.3 Å². The fraction of sp³-hybridized carbons (Fsp3) is 0.500. The van der Waals surface area contributed by atoms with Crippen molar-refractivity contribution < 1.29 is 14.3 Å². The maximum atomic E-state index is 12.2. The number of nitrogens with zero attached hydrogens (tertiary/aromatic N) is 1. The van der Waals surface area contributed by atoms with Gasteiger partial charge in [0.1, 0.15) is 5.60 Å². The van der Waals surface area contributed by atoms with Gasteiger partial charge in [0, 0.05) is 13.1 Å². The Balaban J connectivity index is 2.04. The summed E-state index contributed by atoms with van der Waals surface area (Å²) in [6.45, 7) is 6.18. The van der Waals surface area contributed by atoms with Gasteiger partial charge >= 0.3 is 5.97 Å². The van der Waals surface area contributed by atoms with Gasteiger partial charge in [-0.3, -0.25) is 9.59 Å². The standard InChI is InChI=1S/C16H22N2O3/c1-16(2,3)21-15(20)12-10-18(14(19)13(12)17)9-11-7-5-4-6-8-11/h4-8,12-13H,9-10,17H2,1-3H3. The van der Waals surface area contributed by atoms with Crippen molar-refractivity contribution in [3.63, 3.8) is 0 Å². The fourth-order valence-electron chi connectivity index (χ4n) is 2.37. The van der Waals surface area contributed by atoms with E-state index in [1.54, 1.807) is 25.7 Å². The first-order valence-corrected chi connectivity index (χ1v) is 7.09. The molecule has 1 saturated heterocycles. The van der Waals surface area contributed by atoms with Crippen molar-refractivity contribution in [3.05, 3.63) is 35.9 Å². The Kier molecular flexibility index (Phi) is 4.32. The Morgan fingerprint density at radius 3 is 2.52 bits per heavy atom. The van der Waals surface area contributed by atoms with Gasteiger partial charge in [0.25, 0.3) is 0 Å². The normalized spacial score (nSPS) is 22.5. The summed E-state index contributed by atoms with van der Waals surface area (Å²) in [5, 5.41) is 0. The van der Waals surface area contributed by atoms with E-state index >= 15 is 0 Å². The first-order valence-electron chi connectivity index (χ1n) is 7.09. The van der Waals surface area contributed by atoms with Crippen LogP contribution in [0.15, 0.2) is 30.3 Å². The molecule has 2 atom stereocenters. The molecule has 1 aliphatic rings. The summed E-state index contributed by atoms with van der Waals surface area (Å²) in [5.41, 5.74) is 6.33. The number of nitrogens with two attached hydrogens (primary N) is 1. The Morgan fingerprint density at radius 1 is 1.33 bits per heavy atom. The van der Waals surface area contributed by atoms with Crippen LogP contribution in [0.5, 0.6) is 0 Å². The number of carbonyl (C=O) groups is 2. The molecule has 2 unspecified atom stereocenters. The molecule has 2 rings (SSSR count). The summed E-state index contributed by atoms with van der Waals surface area (Å²) in [6, 6.07) is 8.83. The summed E-state index contributed by atoms with van der Waals surface area (Å²) in [4.78, 5) is 25.9. The SMILES string of the molecule is CC(C)(C)OC(=O)C1CN(Cc2ccccc2)C(=O)C1N. The van der Waals surface area contributed by atoms with Crippen LogP contribution in [-0.2, 0) is 20.9 Å². The second-order valence-corrected chi connectivity index (χ2v) is 6.37. The van der Waals surface area contributed by atoms with E-state index in [4.69, 9.17) is 10.5 Å². The highest BCUT2D eigenvalue weighted by Crippen LogP contribution is 2.22. The van der Waals surface area contributed by atoms with Crippen molar-refractivity contribution in [1.82, 2.24) is 4.90 Å². The molecule has 2 N–H and O–H groups in total. The molecule has 0 saturated carbocycles. The third-order valence-corrected chi connectivity index (χ3v) is 3.37. The summed E-state index contributed by atoms with van der Waals surface area (Å²) < 4.78 is 5.34. The molecule has 5 nitrogen and oxygen atoms in total. The monoisotopic (exact) mass is 290 g/mol. The Hall–Kier alpha value is -1.88. The number of carbonyl (C=O) groups excluding carboxylic acids is 2. The van der Waals surface area contributed by atoms with E-state index < -0.39 is 23.5 Å². The Bertz CT molecular complexity index is 522. The van der Waals surface area contributed by atoms with Gasteiger partial charge in [-0.2, -0.15) is 0 Å². The molecule has 1 heterocycles. The highest BCUT2D eigenvalue weighted by atomic mass is 16.6. The van der Waals surface area contributed by atoms with E-state index in [0.29, 0.717) is 13.1 Å². The number of rotatable bonds is 3. The molecule has 1 amide bonds. The number of benzene rings is 1. The van der Waals surface area contributed by atoms with Crippen LogP contribution >= 0.6 is 0 Å². The van der Waals surface area contributed by atoms with Gasteiger partial charge in [-0.1, -0.05) is 30.3 Å². The second kappa shape index (κ2) is 5.85. The summed E-state index contributed by atoms with van der Waals surface area (Å²) in [5.74, 6) is -1.20. The zero-order valence-corrected chi connectivity index (χ0v) is 12.7. The van der Waals surface area contributed by atoms with Crippen LogP contribution in [0.1, 0.15) is 26.3 Å². The Labute approximate surface area is 125 Å². The number of ether oxygens (including phenoxy) is 1. The molecule has 0 spiro atoms. The zero-order valence-electron chi connectivity index (χ0n) is 12.7. The van der Waals surface area contributed by atoms with Crippen molar-refractivity contribution in [2.45, 2.75) is 39.0 Å². The molecule has 0 aliphatic carbocycles. The zero-order chi connectivity index (χ0) is 15.6. The maximum absolute atomic E-state index is 12.2. The van der Waals surface area contributed by atoms with Gasteiger partial charge in [0.15, 0.2) is 0 Å². The van der Waals surface area contributed by atoms with Crippen molar-refractivity contribution >= 4 is 11.9 Å². The molecule has 0 radical (unpaired) electrons. The predicted molar refractivity (Wildman–Crippen MR) is 79.2 cm³/mol. The number of hydrogen-bond donors (Lipinski definition) is 1. The van der Waals surface area contributed by atoms with Gasteiger partial charge in [-0.25, -0.2) is 0 Å². The van der Waals surface area contributed by atoms with Gasteiger partial charge in [0.05, 0.1) is 12.0 Å². The van der Waals surface area contributed by atoms with Crippen molar-refractivity contribution in [1.29, 1.82) is 0 Å². The maximum Gasteiger partial charge on any atom is 0.313 e. The average Bonchev–Trinajstić information content (AvgIpc) is 2.66. The lowest BCUT2D eigenvalue weighted by Crippen LogP contribution is -2.40. The third kappa shape index (κ3) is 3.82. The molecular weight excluding hydrogens is 268 g/mol. The lowest BCUT2D eigenvalue weighted by Gasteiger charge is -2.22. The quantitative estimate of drug-likeness (QED) is 0.852. The highest BCUT2D eigenvalue weighted by molar-refractivity contribution is 5.91. The van der Waals surface area contributed by atoms with E-state index in [0.717, 1.165) is 5.56 Å². The van der Waals surface area contributed by atoms with Gasteiger partial charge in [0.2, 0.25) is 5.91 Å². The van der Waals surface area contributed by atoms with Crippen molar-refractivity contribution in [3.8, 4) is 0 Å². The van der Waals surface area contributed by atoms with E-state index in [9.17, 15) is 9.59 Å². The number of esters is 1. The van der Waals surface area contributed by atoms with Crippen molar-refractivity contribution in [2.75, 3.05) is 6.54 Å². The average molecular weight is 290 g/mol. The lowest BCUT2D eigenvalue weighted by molar-refractivity contribution is -0.160. The molecule has 114 valence electrons. The van der Waals surface area contributed by atoms with Crippen molar-refractivity contribution in [2.24, 2.45) is 11.7 Å². The Morgan fingerprint density at radius 2 is 1.95 bits per heavy atom. The topological polar surface area (TPSA) is 72.6 Å². The molecule has 0 aromatic heterocycles. The molecular formula is C16H22N2O3. The minimum absolute atomic E-state index is 0.199. The van der Waals surface area contributed by atoms with Crippen LogP contribution < -0.4 is 5.73 Å². The molecule has 1 fully saturated rings. The summed E-state index contributed by atoms with van der Waals surface area (Å²) in [6.07, 6.45) is 0. The van der Waals surface area contributed by atoms with Crippen LogP contribution in [0, 0.1) is 5.92 Å². The van der Waals surface area contributed by atoms with Crippen LogP contribution in [0.4, 0.5) is 0 Å². The summed E-state index contributed by atoms with van der Waals surface area (Å²) in [7, 11) is 0. The smallest absolute Gasteiger partial charge is 0.313 e. The molecule has 5 heteroatoms. The summed E-state index contributed by atoms with van der Waals surface area (Å²) >= 11 is 0. The number of amides is 1. The van der Waals surface area contributed by atoms with Crippen LogP contribution in [-0.4, -0.2) is 35.0 Å². The van der Waals surface area contributed by atoms with E-state index in [-0.39, 0.29) is 5.91 Å². The first kappa shape index (κ1) is 15.5. The van der Waals surface area contributed by atoms with Gasteiger partial charge < -0.3 is 15.4 Å². The van der Waals surface area contributed by atoms with E-state index in [1.807, 2.05) is 30.3 Å². The molecule has 21 heavy (non-hydrogen) atoms. The third-order valence-electron chi connectivity index (χ3n) is 3.37. The molecule has 0 bridgehead atoms. The van der Waals surface area contributed by atoms with Crippen LogP contribution in [0.3, 0.4) is 0 Å². The van der Waals surface area contributed by atoms with E-state index in [2.05, 4.69) is 0 Å². The first-order chi connectivity index (χ1) is 9.78. The minimum atomic E-state index is -0.816. The molecule has 1 aliphatic heterocycles. The van der Waals surface area contributed by atoms with Crippen LogP contribution in [0.25, 0.3) is 0 Å².